The monoisotopic (exact) mass is 1470 g/mol. The van der Waals surface area contributed by atoms with Crippen LogP contribution in [-0.4, -0.2) is 178 Å². The molecule has 3 saturated heterocycles. The molecule has 0 bridgehead atoms. The van der Waals surface area contributed by atoms with E-state index in [9.17, 15) is 54.7 Å². The number of unbranched alkanes of at least 4 members (excludes halogenated alkanes) is 2. The van der Waals surface area contributed by atoms with E-state index in [2.05, 4.69) is 32.6 Å². The fourth-order valence-corrected chi connectivity index (χ4v) is 13.8. The molecule has 16 nitrogen and oxygen atoms in total. The molecule has 101 heavy (non-hydrogen) atoms. The molecule has 3 aliphatic heterocycles. The van der Waals surface area contributed by atoms with E-state index in [0.717, 1.165) is 91.1 Å². The summed E-state index contributed by atoms with van der Waals surface area (Å²) in [5.41, 5.74) is 1.61. The Labute approximate surface area is 604 Å². The molecule has 6 aromatic rings. The van der Waals surface area contributed by atoms with Crippen molar-refractivity contribution < 1.29 is 68.9 Å². The second-order valence-corrected chi connectivity index (χ2v) is 26.4. The van der Waals surface area contributed by atoms with Crippen LogP contribution in [0.1, 0.15) is 108 Å². The first-order valence-electron chi connectivity index (χ1n) is 33.8. The summed E-state index contributed by atoms with van der Waals surface area (Å²) >= 11 is 0. The minimum absolute atomic E-state index is 0. The van der Waals surface area contributed by atoms with Crippen molar-refractivity contribution in [2.45, 2.75) is 113 Å². The molecule has 1 aliphatic carbocycles. The van der Waals surface area contributed by atoms with Crippen molar-refractivity contribution in [2.24, 2.45) is 0 Å². The lowest BCUT2D eigenvalue weighted by molar-refractivity contribution is -0.143. The van der Waals surface area contributed by atoms with Crippen LogP contribution in [0.25, 0.3) is 11.1 Å². The van der Waals surface area contributed by atoms with E-state index in [0.29, 0.717) is 94.8 Å². The van der Waals surface area contributed by atoms with Gasteiger partial charge in [-0.05, 0) is 147 Å². The fourth-order valence-electron chi connectivity index (χ4n) is 13.8. The predicted octanol–water partition coefficient (Wildman–Crippen LogP) is 14.2. The van der Waals surface area contributed by atoms with Crippen LogP contribution in [0.5, 0.6) is 0 Å². The van der Waals surface area contributed by atoms with Gasteiger partial charge in [-0.25, -0.2) is 9.18 Å². The van der Waals surface area contributed by atoms with Gasteiger partial charge in [-0.2, -0.15) is 26.3 Å². The molecule has 1 spiro atoms. The molecular formula is C75H90Cl3F7N8O8. The average Bonchev–Trinajstić information content (AvgIpc) is 1.60. The summed E-state index contributed by atoms with van der Waals surface area (Å²) in [6.45, 7) is 5.44. The minimum Gasteiger partial charge on any atom is -0.446 e. The largest absolute Gasteiger partial charge is 0.446 e. The average molecular weight is 1470 g/mol. The normalized spacial score (nSPS) is 17.6. The SMILES string of the molecule is CN(CCN1CCC(OC(=O)Nc2ccccc2-c2ccccc2)CC1)C(=O)CCCCCNc1ccc(CC(=O)N(C)CCCN(C)C(=O)CO[C@H]2Cc3ccccc3C23CCN(CC[C@]2(c4ccc(F)cc4)CN(C(=O)c4cc(C(F)(F)F)cc(C(F)(F)F)c4)CO2)CC3)cc1.Cl.Cl.Cl. The summed E-state index contributed by atoms with van der Waals surface area (Å²) in [5, 5.41) is 6.38. The summed E-state index contributed by atoms with van der Waals surface area (Å²) in [7, 11) is 5.34. The van der Waals surface area contributed by atoms with Crippen molar-refractivity contribution in [3.63, 3.8) is 0 Å². The van der Waals surface area contributed by atoms with Gasteiger partial charge < -0.3 is 48.9 Å². The number of ether oxygens (including phenoxy) is 3. The molecule has 10 rings (SSSR count). The summed E-state index contributed by atoms with van der Waals surface area (Å²) in [4.78, 5) is 77.3. The molecule has 0 radical (unpaired) electrons. The van der Waals surface area contributed by atoms with E-state index >= 15 is 0 Å². The minimum atomic E-state index is -5.15. The third kappa shape index (κ3) is 21.3. The highest BCUT2D eigenvalue weighted by Gasteiger charge is 2.50. The van der Waals surface area contributed by atoms with Crippen molar-refractivity contribution in [1.82, 2.24) is 29.4 Å². The molecular weight excluding hydrogens is 1380 g/mol. The zero-order valence-corrected chi connectivity index (χ0v) is 59.5. The summed E-state index contributed by atoms with van der Waals surface area (Å²) in [6.07, 6.45) is -3.66. The number of likely N-dealkylation sites (N-methyl/N-ethyl adjacent to an activating group) is 3. The van der Waals surface area contributed by atoms with Crippen molar-refractivity contribution >= 4 is 78.3 Å². The van der Waals surface area contributed by atoms with Crippen LogP contribution in [0.4, 0.5) is 46.9 Å². The number of likely N-dealkylation sites (tertiary alicyclic amines) is 2. The van der Waals surface area contributed by atoms with Gasteiger partial charge in [0.1, 0.15) is 30.9 Å². The number of hydrogen-bond donors (Lipinski definition) is 2. The Morgan fingerprint density at radius 2 is 1.26 bits per heavy atom. The van der Waals surface area contributed by atoms with Gasteiger partial charge in [0.05, 0.1) is 35.9 Å². The molecule has 6 aromatic carbocycles. The topological polar surface area (TPSA) is 157 Å². The second-order valence-electron chi connectivity index (χ2n) is 26.4. The summed E-state index contributed by atoms with van der Waals surface area (Å²) in [6, 6.07) is 39.8. The number of hydrogen-bond acceptors (Lipinski definition) is 11. The number of benzene rings is 6. The number of alkyl halides is 6. The number of nitrogens with zero attached hydrogens (tertiary/aromatic N) is 6. The van der Waals surface area contributed by atoms with Crippen LogP contribution in [0.15, 0.2) is 146 Å². The zero-order chi connectivity index (χ0) is 69.6. The van der Waals surface area contributed by atoms with Gasteiger partial charge in [-0.3, -0.25) is 24.5 Å². The van der Waals surface area contributed by atoms with Gasteiger partial charge >= 0.3 is 18.4 Å². The maximum atomic E-state index is 14.2. The molecule has 548 valence electrons. The van der Waals surface area contributed by atoms with Gasteiger partial charge in [-0.15, -0.1) is 37.2 Å². The number of fused-ring (bicyclic) bond motifs is 2. The molecule has 26 heteroatoms. The molecule has 3 heterocycles. The first-order chi connectivity index (χ1) is 46.9. The molecule has 3 fully saturated rings. The number of carbonyl (C=O) groups excluding carboxylic acids is 5. The molecule has 0 unspecified atom stereocenters. The van der Waals surface area contributed by atoms with Crippen molar-refractivity contribution in [3.05, 3.63) is 190 Å². The van der Waals surface area contributed by atoms with Crippen molar-refractivity contribution in [2.75, 3.05) is 117 Å². The number of amides is 5. The molecule has 2 N–H and O–H groups in total. The summed E-state index contributed by atoms with van der Waals surface area (Å²) in [5.74, 6) is -1.70. The highest BCUT2D eigenvalue weighted by molar-refractivity contribution is 5.95. The standard InChI is InChI=1S/C75H87F7N8O8.3ClH/c1-85(68(92)45-53-22-28-61(29-23-53)83-35-13-5-8-21-67(91)87(3)43-44-88-38-30-62(31-39-88)98-71(95)84-65-20-12-10-18-63(65)54-15-6-4-7-16-54)36-14-37-86(2)69(93)50-96-66-48-55-17-9-11-19-64(55)72(66)32-40-89(41-33-72)42-34-73(57-24-26-60(76)27-25-57)51-90(52-97-73)70(94)56-46-58(74(77,78)79)49-59(47-56)75(80,81)82;;;/h4,6-7,9-12,15-20,22-29,46-47,49,62,66,83H,5,8,13-14,21,30-45,48,50-52H2,1-3H3,(H,84,95);3*1H/t66-,73+;;;/m0.../s1. The Bertz CT molecular complexity index is 3670. The Balaban J connectivity index is 0.00000477. The number of rotatable bonds is 27. The Kier molecular flexibility index (Phi) is 29.3. The molecule has 4 aliphatic rings. The van der Waals surface area contributed by atoms with Gasteiger partial charge in [0, 0.05) is 102 Å². The Morgan fingerprint density at radius 3 is 1.93 bits per heavy atom. The molecule has 5 amide bonds. The molecule has 0 saturated carbocycles. The Hall–Kier alpha value is -7.51. The van der Waals surface area contributed by atoms with Crippen molar-refractivity contribution in [1.29, 1.82) is 0 Å². The fraction of sp³-hybridized carbons (Fsp3) is 0.453. The van der Waals surface area contributed by atoms with E-state index in [-0.39, 0.29) is 99.2 Å². The third-order valence-corrected chi connectivity index (χ3v) is 19.8. The van der Waals surface area contributed by atoms with E-state index in [4.69, 9.17) is 14.2 Å². The van der Waals surface area contributed by atoms with E-state index in [1.807, 2.05) is 98.0 Å². The summed E-state index contributed by atoms with van der Waals surface area (Å²) < 4.78 is 116. The number of nitrogens with one attached hydrogen (secondary N) is 2. The number of halogens is 10. The lowest BCUT2D eigenvalue weighted by Crippen LogP contribution is -2.50. The van der Waals surface area contributed by atoms with Crippen LogP contribution >= 0.6 is 37.2 Å². The number of carbonyl (C=O) groups is 5. The molecule has 0 aromatic heterocycles. The highest BCUT2D eigenvalue weighted by atomic mass is 35.5. The second kappa shape index (κ2) is 36.6. The molecule has 2 atom stereocenters. The van der Waals surface area contributed by atoms with E-state index in [1.165, 1.54) is 29.8 Å². The highest BCUT2D eigenvalue weighted by Crippen LogP contribution is 2.49. The van der Waals surface area contributed by atoms with Crippen LogP contribution in [-0.2, 0) is 64.8 Å². The van der Waals surface area contributed by atoms with E-state index < -0.39 is 64.6 Å². The number of para-hydroxylation sites is 1. The smallest absolute Gasteiger partial charge is 0.416 e. The van der Waals surface area contributed by atoms with Crippen LogP contribution in [0.3, 0.4) is 0 Å². The van der Waals surface area contributed by atoms with Crippen LogP contribution < -0.4 is 10.6 Å². The van der Waals surface area contributed by atoms with Gasteiger partial charge in [0.25, 0.3) is 5.91 Å². The zero-order valence-electron chi connectivity index (χ0n) is 57.0. The number of anilines is 2. The predicted molar refractivity (Wildman–Crippen MR) is 381 cm³/mol. The maximum Gasteiger partial charge on any atom is 0.416 e. The first kappa shape index (κ1) is 80.8. The number of piperidine rings is 2. The lowest BCUT2D eigenvalue weighted by atomic mass is 9.72. The van der Waals surface area contributed by atoms with Crippen molar-refractivity contribution in [3.8, 4) is 11.1 Å². The quantitative estimate of drug-likeness (QED) is 0.0374. The van der Waals surface area contributed by atoms with Gasteiger partial charge in [0.15, 0.2) is 0 Å². The lowest BCUT2D eigenvalue weighted by Gasteiger charge is -2.44. The Morgan fingerprint density at radius 1 is 0.644 bits per heavy atom. The first-order valence-corrected chi connectivity index (χ1v) is 33.8. The van der Waals surface area contributed by atoms with Crippen LogP contribution in [0.2, 0.25) is 0 Å². The van der Waals surface area contributed by atoms with Crippen LogP contribution in [0, 0.1) is 5.82 Å². The van der Waals surface area contributed by atoms with E-state index in [1.54, 1.807) is 28.8 Å². The van der Waals surface area contributed by atoms with Gasteiger partial charge in [0.2, 0.25) is 17.7 Å². The van der Waals surface area contributed by atoms with Gasteiger partial charge in [-0.1, -0.05) is 103 Å². The maximum absolute atomic E-state index is 14.2. The third-order valence-electron chi connectivity index (χ3n) is 19.8.